The zero-order chi connectivity index (χ0) is 14.0. The van der Waals surface area contributed by atoms with Crippen molar-refractivity contribution in [2.75, 3.05) is 0 Å². The topological polar surface area (TPSA) is 18.5 Å². The number of allylic oxidation sites excluding steroid dienone is 1. The molecule has 0 bridgehead atoms. The van der Waals surface area contributed by atoms with Crippen molar-refractivity contribution < 1.29 is 9.31 Å². The van der Waals surface area contributed by atoms with Crippen LogP contribution in [-0.2, 0) is 9.31 Å². The summed E-state index contributed by atoms with van der Waals surface area (Å²) in [5.74, 6) is 0. The molecule has 1 aliphatic rings. The summed E-state index contributed by atoms with van der Waals surface area (Å²) in [7, 11) is -0.0881. The normalized spacial score (nSPS) is 22.2. The lowest BCUT2D eigenvalue weighted by Crippen LogP contribution is -2.41. The largest absolute Gasteiger partial charge is 0.458 e. The summed E-state index contributed by atoms with van der Waals surface area (Å²) in [5.41, 5.74) is -0.180. The van der Waals surface area contributed by atoms with Crippen molar-refractivity contribution in [3.05, 3.63) is 12.7 Å². The lowest BCUT2D eigenvalue weighted by atomic mass is 9.63. The monoisotopic (exact) mass is 252 g/mol. The Hall–Kier alpha value is -0.275. The van der Waals surface area contributed by atoms with Crippen LogP contribution in [0.4, 0.5) is 0 Å². The van der Waals surface area contributed by atoms with Crippen LogP contribution in [0.1, 0.15) is 60.8 Å². The van der Waals surface area contributed by atoms with E-state index in [0.29, 0.717) is 0 Å². The van der Waals surface area contributed by atoms with E-state index < -0.39 is 0 Å². The Kier molecular flexibility index (Phi) is 4.72. The molecule has 0 N–H and O–H groups in total. The summed E-state index contributed by atoms with van der Waals surface area (Å²) in [4.78, 5) is 0. The third-order valence-corrected chi connectivity index (χ3v) is 4.98. The van der Waals surface area contributed by atoms with Gasteiger partial charge in [0.2, 0.25) is 0 Å². The summed E-state index contributed by atoms with van der Waals surface area (Å²) in [6.45, 7) is 16.8. The first kappa shape index (κ1) is 15.8. The molecule has 3 heteroatoms. The third-order valence-electron chi connectivity index (χ3n) is 4.98. The Morgan fingerprint density at radius 1 is 1.06 bits per heavy atom. The van der Waals surface area contributed by atoms with Crippen molar-refractivity contribution in [2.45, 2.75) is 78.3 Å². The molecule has 0 aromatic carbocycles. The van der Waals surface area contributed by atoms with Crippen LogP contribution in [0.2, 0.25) is 6.32 Å². The van der Waals surface area contributed by atoms with E-state index in [4.69, 9.17) is 9.31 Å². The highest BCUT2D eigenvalue weighted by Crippen LogP contribution is 2.43. The predicted molar refractivity (Wildman–Crippen MR) is 78.7 cm³/mol. The second kappa shape index (κ2) is 5.38. The maximum Gasteiger partial charge on any atom is 0.458 e. The van der Waals surface area contributed by atoms with Gasteiger partial charge in [0, 0.05) is 0 Å². The van der Waals surface area contributed by atoms with E-state index in [1.807, 2.05) is 6.08 Å². The molecule has 0 spiro atoms. The van der Waals surface area contributed by atoms with E-state index in [0.717, 1.165) is 25.6 Å². The zero-order valence-electron chi connectivity index (χ0n) is 13.0. The first-order chi connectivity index (χ1) is 8.22. The Labute approximate surface area is 113 Å². The number of rotatable bonds is 6. The molecule has 0 atom stereocenters. The molecular weight excluding hydrogens is 223 g/mol. The SMILES string of the molecule is C=CCC(CC)(CC)CB1OC(C)(C)C(C)(C)O1. The molecule has 1 fully saturated rings. The summed E-state index contributed by atoms with van der Waals surface area (Å²) >= 11 is 0. The molecule has 0 radical (unpaired) electrons. The van der Waals surface area contributed by atoms with Crippen molar-refractivity contribution in [1.82, 2.24) is 0 Å². The van der Waals surface area contributed by atoms with Gasteiger partial charge in [-0.1, -0.05) is 32.8 Å². The van der Waals surface area contributed by atoms with Crippen LogP contribution in [0.25, 0.3) is 0 Å². The first-order valence-corrected chi connectivity index (χ1v) is 7.18. The zero-order valence-corrected chi connectivity index (χ0v) is 13.0. The minimum Gasteiger partial charge on any atom is -0.403 e. The van der Waals surface area contributed by atoms with Crippen LogP contribution in [0.5, 0.6) is 0 Å². The summed E-state index contributed by atoms with van der Waals surface area (Å²) < 4.78 is 12.2. The number of hydrogen-bond donors (Lipinski definition) is 0. The maximum atomic E-state index is 6.11. The van der Waals surface area contributed by atoms with Crippen molar-refractivity contribution in [2.24, 2.45) is 5.41 Å². The Bertz CT molecular complexity index is 277. The molecule has 0 aliphatic carbocycles. The lowest BCUT2D eigenvalue weighted by Gasteiger charge is -2.32. The van der Waals surface area contributed by atoms with Crippen LogP contribution < -0.4 is 0 Å². The molecule has 104 valence electrons. The summed E-state index contributed by atoms with van der Waals surface area (Å²) in [6, 6.07) is 0. The van der Waals surface area contributed by atoms with Crippen LogP contribution in [0, 0.1) is 5.41 Å². The van der Waals surface area contributed by atoms with E-state index in [1.54, 1.807) is 0 Å². The average Bonchev–Trinajstić information content (AvgIpc) is 2.46. The summed E-state index contributed by atoms with van der Waals surface area (Å²) in [6.07, 6.45) is 6.29. The minimum absolute atomic E-state index is 0.0881. The predicted octanol–water partition coefficient (Wildman–Crippen LogP) is 4.46. The molecular formula is C15H29BO2. The Morgan fingerprint density at radius 3 is 1.83 bits per heavy atom. The molecule has 0 aromatic rings. The van der Waals surface area contributed by atoms with Gasteiger partial charge in [-0.2, -0.15) is 0 Å². The van der Waals surface area contributed by atoms with Gasteiger partial charge < -0.3 is 9.31 Å². The Morgan fingerprint density at radius 2 is 1.50 bits per heavy atom. The van der Waals surface area contributed by atoms with E-state index in [1.165, 1.54) is 0 Å². The average molecular weight is 252 g/mol. The lowest BCUT2D eigenvalue weighted by molar-refractivity contribution is 0.00578. The van der Waals surface area contributed by atoms with E-state index in [2.05, 4.69) is 48.1 Å². The molecule has 2 nitrogen and oxygen atoms in total. The summed E-state index contributed by atoms with van der Waals surface area (Å²) in [5, 5.41) is 0. The van der Waals surface area contributed by atoms with E-state index in [9.17, 15) is 0 Å². The van der Waals surface area contributed by atoms with Gasteiger partial charge in [-0.15, -0.1) is 6.58 Å². The fraction of sp³-hybridized carbons (Fsp3) is 0.867. The van der Waals surface area contributed by atoms with Crippen molar-refractivity contribution in [1.29, 1.82) is 0 Å². The molecule has 1 aliphatic heterocycles. The Balaban J connectivity index is 2.76. The smallest absolute Gasteiger partial charge is 0.403 e. The fourth-order valence-corrected chi connectivity index (χ4v) is 2.62. The van der Waals surface area contributed by atoms with Gasteiger partial charge in [0.05, 0.1) is 11.2 Å². The molecule has 0 unspecified atom stereocenters. The van der Waals surface area contributed by atoms with E-state index in [-0.39, 0.29) is 23.7 Å². The molecule has 0 saturated carbocycles. The van der Waals surface area contributed by atoms with Gasteiger partial charge in [0.1, 0.15) is 0 Å². The van der Waals surface area contributed by atoms with Crippen molar-refractivity contribution >= 4 is 7.12 Å². The minimum atomic E-state index is -0.223. The van der Waals surface area contributed by atoms with Gasteiger partial charge in [0.25, 0.3) is 0 Å². The molecule has 1 saturated heterocycles. The van der Waals surface area contributed by atoms with Crippen LogP contribution in [-0.4, -0.2) is 18.3 Å². The maximum absolute atomic E-state index is 6.11. The molecule has 0 amide bonds. The van der Waals surface area contributed by atoms with Crippen LogP contribution in [0.3, 0.4) is 0 Å². The third kappa shape index (κ3) is 3.00. The highest BCUT2D eigenvalue weighted by Gasteiger charge is 2.52. The first-order valence-electron chi connectivity index (χ1n) is 7.18. The number of hydrogen-bond acceptors (Lipinski definition) is 2. The highest BCUT2D eigenvalue weighted by molar-refractivity contribution is 6.45. The fourth-order valence-electron chi connectivity index (χ4n) is 2.62. The molecule has 1 heterocycles. The van der Waals surface area contributed by atoms with Crippen LogP contribution in [0.15, 0.2) is 12.7 Å². The van der Waals surface area contributed by atoms with Gasteiger partial charge in [-0.3, -0.25) is 0 Å². The molecule has 1 rings (SSSR count). The van der Waals surface area contributed by atoms with E-state index >= 15 is 0 Å². The van der Waals surface area contributed by atoms with Crippen LogP contribution >= 0.6 is 0 Å². The van der Waals surface area contributed by atoms with Gasteiger partial charge in [0.15, 0.2) is 0 Å². The van der Waals surface area contributed by atoms with Gasteiger partial charge in [-0.25, -0.2) is 0 Å². The highest BCUT2D eigenvalue weighted by atomic mass is 16.7. The second-order valence-corrected chi connectivity index (χ2v) is 6.59. The van der Waals surface area contributed by atoms with Crippen molar-refractivity contribution in [3.63, 3.8) is 0 Å². The standard InChI is InChI=1S/C15H29BO2/c1-8-11-15(9-2,10-3)12-16-17-13(4,5)14(6,7)18-16/h8H,1,9-12H2,2-7H3. The van der Waals surface area contributed by atoms with Gasteiger partial charge >= 0.3 is 7.12 Å². The molecule has 18 heavy (non-hydrogen) atoms. The quantitative estimate of drug-likeness (QED) is 0.513. The van der Waals surface area contributed by atoms with Gasteiger partial charge in [-0.05, 0) is 45.9 Å². The second-order valence-electron chi connectivity index (χ2n) is 6.59. The van der Waals surface area contributed by atoms with Crippen molar-refractivity contribution in [3.8, 4) is 0 Å². The molecule has 0 aromatic heterocycles.